The van der Waals surface area contributed by atoms with Crippen LogP contribution in [0.15, 0.2) is 42.5 Å². The molecule has 0 N–H and O–H groups in total. The zero-order valence-electron chi connectivity index (χ0n) is 21.2. The largest absolute Gasteiger partial charge is 0.497 e. The Hall–Kier alpha value is -4.05. The third kappa shape index (κ3) is 4.84. The number of esters is 1. The third-order valence-electron chi connectivity index (χ3n) is 6.65. The predicted molar refractivity (Wildman–Crippen MR) is 133 cm³/mol. The summed E-state index contributed by atoms with van der Waals surface area (Å²) in [7, 11) is 6.25. The Morgan fingerprint density at radius 3 is 2.38 bits per heavy atom. The molecule has 2 heterocycles. The topological polar surface area (TPSA) is 106 Å². The van der Waals surface area contributed by atoms with Crippen molar-refractivity contribution in [3.63, 3.8) is 0 Å². The summed E-state index contributed by atoms with van der Waals surface area (Å²) < 4.78 is 34.9. The number of nitrogens with zero attached hydrogens (tertiary/aromatic N) is 3. The van der Waals surface area contributed by atoms with Crippen LogP contribution in [0.1, 0.15) is 41.5 Å². The Kier molecular flexibility index (Phi) is 6.75. The number of hydrogen-bond acceptors (Lipinski definition) is 9. The Morgan fingerprint density at radius 1 is 1.08 bits per heavy atom. The maximum Gasteiger partial charge on any atom is 0.331 e. The predicted octanol–water partition coefficient (Wildman–Crippen LogP) is 3.68. The first kappa shape index (κ1) is 24.6. The molecule has 10 heteroatoms. The fourth-order valence-corrected chi connectivity index (χ4v) is 4.67. The van der Waals surface area contributed by atoms with Crippen LogP contribution in [0.2, 0.25) is 0 Å². The summed E-state index contributed by atoms with van der Waals surface area (Å²) in [4.78, 5) is 12.8. The summed E-state index contributed by atoms with van der Waals surface area (Å²) in [6.07, 6.45) is 3.84. The van der Waals surface area contributed by atoms with Gasteiger partial charge >= 0.3 is 5.97 Å². The highest BCUT2D eigenvalue weighted by Crippen LogP contribution is 2.51. The summed E-state index contributed by atoms with van der Waals surface area (Å²) >= 11 is 0. The van der Waals surface area contributed by atoms with Gasteiger partial charge in [-0.05, 0) is 54.3 Å². The second-order valence-electron chi connectivity index (χ2n) is 8.87. The molecule has 1 aromatic heterocycles. The average Bonchev–Trinajstić information content (AvgIpc) is 3.57. The van der Waals surface area contributed by atoms with E-state index in [0.29, 0.717) is 48.1 Å². The number of aromatic nitrogens is 3. The lowest BCUT2D eigenvalue weighted by Gasteiger charge is -2.26. The van der Waals surface area contributed by atoms with Crippen molar-refractivity contribution in [3.8, 4) is 23.0 Å². The lowest BCUT2D eigenvalue weighted by molar-refractivity contribution is -0.144. The molecule has 0 radical (unpaired) electrons. The van der Waals surface area contributed by atoms with Crippen LogP contribution in [0.5, 0.6) is 23.0 Å². The SMILES string of the molecule is COc1ccc(Cn2nnc3c2C2(CCC3OC(=O)C=Cc3cc(OC)c(OC)c(OC)c3)CO2)cc1. The van der Waals surface area contributed by atoms with Crippen molar-refractivity contribution in [1.29, 1.82) is 0 Å². The van der Waals surface area contributed by atoms with Crippen LogP contribution in [-0.4, -0.2) is 56.0 Å². The molecule has 5 rings (SSSR count). The number of rotatable bonds is 9. The van der Waals surface area contributed by atoms with Crippen LogP contribution in [0.4, 0.5) is 0 Å². The van der Waals surface area contributed by atoms with E-state index in [9.17, 15) is 4.79 Å². The molecule has 1 spiro atoms. The van der Waals surface area contributed by atoms with E-state index in [1.54, 1.807) is 25.3 Å². The molecule has 1 fully saturated rings. The Bertz CT molecular complexity index is 1290. The smallest absolute Gasteiger partial charge is 0.331 e. The molecule has 1 aliphatic carbocycles. The van der Waals surface area contributed by atoms with Crippen molar-refractivity contribution in [2.75, 3.05) is 35.0 Å². The van der Waals surface area contributed by atoms with Gasteiger partial charge < -0.3 is 28.4 Å². The minimum atomic E-state index is -0.508. The molecule has 1 saturated heterocycles. The van der Waals surface area contributed by atoms with Gasteiger partial charge in [0, 0.05) is 6.08 Å². The fraction of sp³-hybridized carbons (Fsp3) is 0.370. The molecule has 1 aliphatic heterocycles. The Morgan fingerprint density at radius 2 is 1.78 bits per heavy atom. The Balaban J connectivity index is 1.33. The van der Waals surface area contributed by atoms with E-state index < -0.39 is 17.7 Å². The average molecular weight is 508 g/mol. The van der Waals surface area contributed by atoms with E-state index in [0.717, 1.165) is 23.4 Å². The molecule has 2 unspecified atom stereocenters. The van der Waals surface area contributed by atoms with Crippen molar-refractivity contribution >= 4 is 12.0 Å². The third-order valence-corrected chi connectivity index (χ3v) is 6.65. The number of ether oxygens (including phenoxy) is 6. The van der Waals surface area contributed by atoms with Crippen LogP contribution in [0.25, 0.3) is 6.08 Å². The summed E-state index contributed by atoms with van der Waals surface area (Å²) in [6, 6.07) is 11.3. The van der Waals surface area contributed by atoms with Crippen LogP contribution in [0.3, 0.4) is 0 Å². The standard InChI is InChI=1S/C27H29N3O7/c1-32-19-8-5-17(6-9-19)15-30-26-24(28-29-30)20(11-12-27(26)16-36-27)37-23(31)10-7-18-13-21(33-2)25(35-4)22(14-18)34-3/h5-10,13-14,20H,11-12,15-16H2,1-4H3. The lowest BCUT2D eigenvalue weighted by atomic mass is 9.88. The highest BCUT2D eigenvalue weighted by Gasteiger charge is 2.55. The number of carbonyl (C=O) groups excluding carboxylic acids is 1. The van der Waals surface area contributed by atoms with Crippen molar-refractivity contribution in [3.05, 3.63) is 65.0 Å². The molecule has 10 nitrogen and oxygen atoms in total. The van der Waals surface area contributed by atoms with Crippen molar-refractivity contribution in [2.24, 2.45) is 0 Å². The molecule has 0 bridgehead atoms. The van der Waals surface area contributed by atoms with Crippen molar-refractivity contribution in [2.45, 2.75) is 31.1 Å². The minimum absolute atomic E-state index is 0.403. The number of hydrogen-bond donors (Lipinski definition) is 0. The second-order valence-corrected chi connectivity index (χ2v) is 8.87. The van der Waals surface area contributed by atoms with Crippen LogP contribution >= 0.6 is 0 Å². The Labute approximate surface area is 214 Å². The first-order valence-corrected chi connectivity index (χ1v) is 11.9. The molecular weight excluding hydrogens is 478 g/mol. The zero-order valence-corrected chi connectivity index (χ0v) is 21.2. The number of benzene rings is 2. The summed E-state index contributed by atoms with van der Waals surface area (Å²) in [5.74, 6) is 1.78. The molecule has 194 valence electrons. The van der Waals surface area contributed by atoms with Gasteiger partial charge in [0.1, 0.15) is 28.8 Å². The molecular formula is C27H29N3O7. The normalized spacial score (nSPS) is 19.9. The quantitative estimate of drug-likeness (QED) is 0.244. The van der Waals surface area contributed by atoms with E-state index in [2.05, 4.69) is 10.3 Å². The first-order valence-electron chi connectivity index (χ1n) is 11.9. The zero-order chi connectivity index (χ0) is 26.0. The van der Waals surface area contributed by atoms with Gasteiger partial charge in [0.05, 0.1) is 41.6 Å². The van der Waals surface area contributed by atoms with E-state index in [-0.39, 0.29) is 0 Å². The monoisotopic (exact) mass is 507 g/mol. The number of fused-ring (bicyclic) bond motifs is 2. The molecule has 2 atom stereocenters. The maximum absolute atomic E-state index is 12.8. The van der Waals surface area contributed by atoms with Gasteiger partial charge in [0.25, 0.3) is 0 Å². The highest BCUT2D eigenvalue weighted by molar-refractivity contribution is 5.87. The first-order chi connectivity index (χ1) is 18.0. The molecule has 3 aromatic rings. The van der Waals surface area contributed by atoms with Gasteiger partial charge in [0.2, 0.25) is 5.75 Å². The van der Waals surface area contributed by atoms with Gasteiger partial charge in [-0.3, -0.25) is 0 Å². The van der Waals surface area contributed by atoms with Gasteiger partial charge in [-0.1, -0.05) is 17.3 Å². The number of carbonyl (C=O) groups is 1. The molecule has 2 aromatic carbocycles. The van der Waals surface area contributed by atoms with Gasteiger partial charge in [-0.15, -0.1) is 5.10 Å². The van der Waals surface area contributed by atoms with E-state index in [4.69, 9.17) is 28.4 Å². The van der Waals surface area contributed by atoms with Crippen LogP contribution in [0, 0.1) is 0 Å². The van der Waals surface area contributed by atoms with E-state index in [1.165, 1.54) is 27.4 Å². The molecule has 2 aliphatic rings. The van der Waals surface area contributed by atoms with E-state index >= 15 is 0 Å². The molecule has 0 saturated carbocycles. The highest BCUT2D eigenvalue weighted by atomic mass is 16.6. The minimum Gasteiger partial charge on any atom is -0.497 e. The molecule has 37 heavy (non-hydrogen) atoms. The van der Waals surface area contributed by atoms with Gasteiger partial charge in [-0.25, -0.2) is 9.48 Å². The van der Waals surface area contributed by atoms with Crippen molar-refractivity contribution < 1.29 is 33.2 Å². The second kappa shape index (κ2) is 10.1. The molecule has 0 amide bonds. The summed E-state index contributed by atoms with van der Waals surface area (Å²) in [5.41, 5.74) is 2.87. The fourth-order valence-electron chi connectivity index (χ4n) is 4.67. The van der Waals surface area contributed by atoms with Crippen molar-refractivity contribution in [1.82, 2.24) is 15.0 Å². The van der Waals surface area contributed by atoms with Crippen LogP contribution in [-0.2, 0) is 26.4 Å². The summed E-state index contributed by atoms with van der Waals surface area (Å²) in [5, 5.41) is 8.78. The summed E-state index contributed by atoms with van der Waals surface area (Å²) in [6.45, 7) is 1.14. The number of methoxy groups -OCH3 is 4. The van der Waals surface area contributed by atoms with Gasteiger partial charge in [0.15, 0.2) is 11.5 Å². The van der Waals surface area contributed by atoms with Gasteiger partial charge in [-0.2, -0.15) is 0 Å². The number of epoxide rings is 1. The maximum atomic E-state index is 12.8. The van der Waals surface area contributed by atoms with E-state index in [1.807, 2.05) is 28.9 Å². The van der Waals surface area contributed by atoms with Crippen LogP contribution < -0.4 is 18.9 Å². The lowest BCUT2D eigenvalue weighted by Crippen LogP contribution is -2.26.